The van der Waals surface area contributed by atoms with Crippen LogP contribution in [-0.4, -0.2) is 7.28 Å². The Kier molecular flexibility index (Phi) is 11.2. The molecule has 5 aliphatic carbocycles. The first-order valence-electron chi connectivity index (χ1n) is 23.7. The summed E-state index contributed by atoms with van der Waals surface area (Å²) in [5.74, 6) is 3.62. The molecule has 0 aliphatic heterocycles. The molecule has 4 heteroatoms. The molecule has 313 valence electrons. The van der Waals surface area contributed by atoms with E-state index >= 15 is 0 Å². The highest BCUT2D eigenvalue weighted by molar-refractivity contribution is 7.28. The maximum atomic E-state index is 3.73. The highest BCUT2D eigenvalue weighted by Gasteiger charge is 2.52. The molecule has 0 saturated heterocycles. The molecule has 5 aromatic rings. The Morgan fingerprint density at radius 1 is 0.767 bits per heavy atom. The van der Waals surface area contributed by atoms with Crippen LogP contribution in [0.25, 0.3) is 10.1 Å². The van der Waals surface area contributed by atoms with Gasteiger partial charge in [0.25, 0.3) is 0 Å². The van der Waals surface area contributed by atoms with Crippen LogP contribution in [0.1, 0.15) is 173 Å². The lowest BCUT2D eigenvalue weighted by Gasteiger charge is -2.57. The molecule has 1 heterocycles. The third kappa shape index (κ3) is 7.93. The molecular weight excluding hydrogens is 744 g/mol. The average molecular weight is 814 g/mol. The van der Waals surface area contributed by atoms with Crippen molar-refractivity contribution in [2.45, 2.75) is 161 Å². The van der Waals surface area contributed by atoms with Crippen molar-refractivity contribution in [3.63, 3.8) is 0 Å². The summed E-state index contributed by atoms with van der Waals surface area (Å²) in [5.41, 5.74) is 14.3. The van der Waals surface area contributed by atoms with Gasteiger partial charge in [-0.25, -0.2) is 0 Å². The zero-order chi connectivity index (χ0) is 42.0. The second kappa shape index (κ2) is 16.2. The van der Waals surface area contributed by atoms with Crippen molar-refractivity contribution in [3.05, 3.63) is 119 Å². The Labute approximate surface area is 367 Å². The van der Waals surface area contributed by atoms with Gasteiger partial charge in [0.2, 0.25) is 7.28 Å². The fourth-order valence-electron chi connectivity index (χ4n) is 12.4. The summed E-state index contributed by atoms with van der Waals surface area (Å²) in [7, 11) is 2.49. The Balaban J connectivity index is 1.21. The number of nitrogens with one attached hydrogen (secondary N) is 1. The monoisotopic (exact) mass is 814 g/mol. The van der Waals surface area contributed by atoms with Crippen molar-refractivity contribution < 1.29 is 0 Å². The van der Waals surface area contributed by atoms with Crippen LogP contribution in [0, 0.1) is 17.8 Å². The minimum Gasteiger partial charge on any atom is -0.362 e. The second-order valence-corrected chi connectivity index (χ2v) is 22.7. The van der Waals surface area contributed by atoms with Crippen LogP contribution in [0.4, 0.5) is 22.7 Å². The molecule has 5 aliphatic rings. The normalized spacial score (nSPS) is 24.3. The average Bonchev–Trinajstić information content (AvgIpc) is 3.62. The number of hydrogen-bond donors (Lipinski definition) is 1. The number of rotatable bonds is 13. The summed E-state index contributed by atoms with van der Waals surface area (Å²) < 4.78 is 2.73. The quantitative estimate of drug-likeness (QED) is 0.119. The van der Waals surface area contributed by atoms with Crippen LogP contribution >= 0.6 is 11.3 Å². The van der Waals surface area contributed by atoms with Gasteiger partial charge in [-0.1, -0.05) is 104 Å². The van der Waals surface area contributed by atoms with E-state index in [-0.39, 0.29) is 16.2 Å². The number of fused-ring (bicyclic) bond motifs is 2. The number of anilines is 4. The molecule has 1 N–H and O–H groups in total. The van der Waals surface area contributed by atoms with Gasteiger partial charge in [-0.15, -0.1) is 0 Å². The van der Waals surface area contributed by atoms with E-state index in [9.17, 15) is 0 Å². The molecule has 4 aromatic carbocycles. The number of allylic oxidation sites excluding steroid dienone is 1. The van der Waals surface area contributed by atoms with Gasteiger partial charge in [-0.05, 0) is 209 Å². The maximum Gasteiger partial charge on any atom is 0.208 e. The van der Waals surface area contributed by atoms with Crippen molar-refractivity contribution in [2.24, 2.45) is 17.8 Å². The molecule has 4 fully saturated rings. The second-order valence-electron chi connectivity index (χ2n) is 21.6. The van der Waals surface area contributed by atoms with Crippen molar-refractivity contribution >= 4 is 61.7 Å². The third-order valence-corrected chi connectivity index (χ3v) is 16.8. The zero-order valence-electron chi connectivity index (χ0n) is 38.3. The molecule has 4 saturated carbocycles. The summed E-state index contributed by atoms with van der Waals surface area (Å²) >= 11 is 1.96. The van der Waals surface area contributed by atoms with Crippen LogP contribution in [0.5, 0.6) is 0 Å². The van der Waals surface area contributed by atoms with Crippen LogP contribution in [0.15, 0.2) is 91.1 Å². The largest absolute Gasteiger partial charge is 0.362 e. The van der Waals surface area contributed by atoms with Crippen molar-refractivity contribution in [1.29, 1.82) is 0 Å². The highest BCUT2D eigenvalue weighted by Crippen LogP contribution is 2.61. The summed E-state index contributed by atoms with van der Waals surface area (Å²) in [6.45, 7) is 21.3. The lowest BCUT2D eigenvalue weighted by molar-refractivity contribution is -0.00514. The molecular formula is C56H70BN2S. The molecule has 1 unspecified atom stereocenters. The lowest BCUT2D eigenvalue weighted by atomic mass is 9.48. The van der Waals surface area contributed by atoms with E-state index in [1.807, 2.05) is 11.3 Å². The summed E-state index contributed by atoms with van der Waals surface area (Å²) in [6.07, 6.45) is 18.8. The van der Waals surface area contributed by atoms with E-state index < -0.39 is 0 Å². The van der Waals surface area contributed by atoms with Gasteiger partial charge in [0, 0.05) is 27.4 Å². The van der Waals surface area contributed by atoms with Crippen LogP contribution in [0.2, 0.25) is 0 Å². The van der Waals surface area contributed by atoms with Crippen LogP contribution in [0.3, 0.4) is 0 Å². The fourth-order valence-corrected chi connectivity index (χ4v) is 13.5. The number of unbranched alkanes of at least 4 members (excludes halogenated alkanes) is 1. The topological polar surface area (TPSA) is 15.3 Å². The molecule has 10 rings (SSSR count). The van der Waals surface area contributed by atoms with E-state index in [2.05, 4.69) is 171 Å². The van der Waals surface area contributed by atoms with E-state index in [4.69, 9.17) is 0 Å². The number of thiophene rings is 1. The van der Waals surface area contributed by atoms with Crippen molar-refractivity contribution in [2.75, 3.05) is 10.2 Å². The predicted octanol–water partition coefficient (Wildman–Crippen LogP) is 15.2. The number of benzene rings is 4. The number of hydrogen-bond acceptors (Lipinski definition) is 3. The lowest BCUT2D eigenvalue weighted by Crippen LogP contribution is -2.48. The Morgan fingerprint density at radius 3 is 2.05 bits per heavy atom. The van der Waals surface area contributed by atoms with E-state index in [1.165, 1.54) is 125 Å². The zero-order valence-corrected chi connectivity index (χ0v) is 39.1. The first-order chi connectivity index (χ1) is 28.7. The molecule has 1 aromatic heterocycles. The Morgan fingerprint density at radius 2 is 1.42 bits per heavy atom. The van der Waals surface area contributed by atoms with Gasteiger partial charge in [-0.3, -0.25) is 0 Å². The Bertz CT molecular complexity index is 2290. The van der Waals surface area contributed by atoms with Crippen LogP contribution < -0.4 is 20.5 Å². The highest BCUT2D eigenvalue weighted by atomic mass is 32.1. The van der Waals surface area contributed by atoms with Gasteiger partial charge < -0.3 is 10.2 Å². The SMILES string of the molecule is C/C=C/Nc1cc(N(c2ccc(C(C)C)cc2)c2cc(C(C)CCCC)ccc2[B]c2cc3cc4c(cc3s2)C(C)(C)CCC4(C)C)cc(C23CC4CC(CC(C4)C2)C3)c1. The van der Waals surface area contributed by atoms with E-state index in [0.29, 0.717) is 11.8 Å². The fraction of sp³-hybridized carbons (Fsp3) is 0.500. The summed E-state index contributed by atoms with van der Waals surface area (Å²) in [4.78, 5) is 2.62. The van der Waals surface area contributed by atoms with E-state index in [0.717, 1.165) is 17.8 Å². The molecule has 60 heavy (non-hydrogen) atoms. The number of nitrogens with zero attached hydrogens (tertiary/aromatic N) is 1. The minimum atomic E-state index is 0.194. The van der Waals surface area contributed by atoms with Gasteiger partial charge in [0.05, 0.1) is 0 Å². The molecule has 0 spiro atoms. The maximum absolute atomic E-state index is 3.73. The molecule has 4 bridgehead atoms. The van der Waals surface area contributed by atoms with Gasteiger partial charge in [-0.2, -0.15) is 11.3 Å². The van der Waals surface area contributed by atoms with Crippen molar-refractivity contribution in [3.8, 4) is 0 Å². The van der Waals surface area contributed by atoms with Crippen LogP contribution in [-0.2, 0) is 16.2 Å². The molecule has 1 atom stereocenters. The van der Waals surface area contributed by atoms with Gasteiger partial charge in [0.15, 0.2) is 0 Å². The standard InChI is InChI=1S/C56H70BN2S/c1-10-12-13-37(5)42-16-19-50(57-53-28-43-26-48-49(32-52(43)60-53)55(8,9)21-20-54(48,6)7)51(27-42)59(46-17-14-41(15-18-46)36(3)4)47-30-44(29-45(31-47)58-22-11-2)56-33-38-23-39(34-56)25-40(24-38)35-56/h11,14-19,22,26-32,36-40,58H,10,12-13,20-21,23-25,33-35H2,1-9H3/b22-11+. The third-order valence-electron chi connectivity index (χ3n) is 15.7. The molecule has 2 nitrogen and oxygen atoms in total. The van der Waals surface area contributed by atoms with Gasteiger partial charge in [0.1, 0.15) is 0 Å². The summed E-state index contributed by atoms with van der Waals surface area (Å²) in [5, 5.41) is 5.11. The summed E-state index contributed by atoms with van der Waals surface area (Å²) in [6, 6.07) is 32.0. The van der Waals surface area contributed by atoms with E-state index in [1.54, 1.807) is 16.7 Å². The van der Waals surface area contributed by atoms with Gasteiger partial charge >= 0.3 is 0 Å². The van der Waals surface area contributed by atoms with Crippen molar-refractivity contribution in [1.82, 2.24) is 0 Å². The molecule has 0 amide bonds. The molecule has 1 radical (unpaired) electrons. The first-order valence-corrected chi connectivity index (χ1v) is 24.6. The smallest absolute Gasteiger partial charge is 0.208 e. The Hall–Kier alpha value is -3.76. The predicted molar refractivity (Wildman–Crippen MR) is 264 cm³/mol. The minimum absolute atomic E-state index is 0.194. The first kappa shape index (κ1) is 41.6.